The van der Waals surface area contributed by atoms with Gasteiger partial charge in [0.05, 0.1) is 5.75 Å². The third-order valence-electron chi connectivity index (χ3n) is 3.01. The quantitative estimate of drug-likeness (QED) is 0.892. The molecule has 0 radical (unpaired) electrons. The number of para-hydroxylation sites is 1. The van der Waals surface area contributed by atoms with Gasteiger partial charge in [0.15, 0.2) is 0 Å². The molecule has 2 rings (SSSR count). The van der Waals surface area contributed by atoms with Gasteiger partial charge in [-0.05, 0) is 18.1 Å². The summed E-state index contributed by atoms with van der Waals surface area (Å²) < 4.78 is 24.3. The van der Waals surface area contributed by atoms with Crippen LogP contribution in [0, 0.1) is 0 Å². The average molecular weight is 266 g/mol. The van der Waals surface area contributed by atoms with Crippen LogP contribution in [0.25, 0.3) is 10.9 Å². The molecule has 4 nitrogen and oxygen atoms in total. The van der Waals surface area contributed by atoms with Crippen LogP contribution < -0.4 is 5.73 Å². The lowest BCUT2D eigenvalue weighted by atomic mass is 10.2. The van der Waals surface area contributed by atoms with E-state index in [1.807, 2.05) is 30.5 Å². The van der Waals surface area contributed by atoms with Crippen molar-refractivity contribution < 1.29 is 8.42 Å². The van der Waals surface area contributed by atoms with Crippen LogP contribution in [0.4, 0.5) is 0 Å². The molecule has 1 aromatic heterocycles. The molecule has 18 heavy (non-hydrogen) atoms. The maximum atomic E-state index is 11.1. The third-order valence-corrected chi connectivity index (χ3v) is 4.04. The number of aryl methyl sites for hydroxylation is 1. The van der Waals surface area contributed by atoms with E-state index in [4.69, 9.17) is 5.73 Å². The number of hydrogen-bond donors (Lipinski definition) is 1. The first-order chi connectivity index (χ1) is 8.51. The summed E-state index contributed by atoms with van der Waals surface area (Å²) in [5, 5.41) is 1.15. The van der Waals surface area contributed by atoms with Gasteiger partial charge in [0.1, 0.15) is 9.84 Å². The Morgan fingerprint density at radius 2 is 2.00 bits per heavy atom. The topological polar surface area (TPSA) is 65.1 Å². The minimum atomic E-state index is -2.88. The van der Waals surface area contributed by atoms with Crippen molar-refractivity contribution in [3.05, 3.63) is 36.0 Å². The van der Waals surface area contributed by atoms with Crippen LogP contribution in [-0.4, -0.2) is 25.0 Å². The van der Waals surface area contributed by atoms with Gasteiger partial charge in [0.25, 0.3) is 0 Å². The Morgan fingerprint density at radius 1 is 1.28 bits per heavy atom. The Balaban J connectivity index is 2.23. The maximum Gasteiger partial charge on any atom is 0.147 e. The second kappa shape index (κ2) is 5.12. The molecule has 0 bridgehead atoms. The van der Waals surface area contributed by atoms with E-state index in [0.29, 0.717) is 19.5 Å². The van der Waals surface area contributed by atoms with Crippen molar-refractivity contribution in [1.29, 1.82) is 0 Å². The van der Waals surface area contributed by atoms with Crippen LogP contribution >= 0.6 is 0 Å². The van der Waals surface area contributed by atoms with Crippen LogP contribution in [0.1, 0.15) is 12.0 Å². The largest absolute Gasteiger partial charge is 0.347 e. The summed E-state index contributed by atoms with van der Waals surface area (Å²) >= 11 is 0. The fourth-order valence-electron chi connectivity index (χ4n) is 2.17. The molecule has 1 aromatic carbocycles. The lowest BCUT2D eigenvalue weighted by molar-refractivity contribution is 0.593. The molecule has 2 aromatic rings. The highest BCUT2D eigenvalue weighted by atomic mass is 32.2. The normalized spacial score (nSPS) is 12.1. The summed E-state index contributed by atoms with van der Waals surface area (Å²) in [6, 6.07) is 8.05. The fraction of sp³-hybridized carbons (Fsp3) is 0.385. The summed E-state index contributed by atoms with van der Waals surface area (Å²) in [5.41, 5.74) is 7.94. The summed E-state index contributed by atoms with van der Waals surface area (Å²) in [7, 11) is -2.88. The lowest BCUT2D eigenvalue weighted by Crippen LogP contribution is -2.07. The Hall–Kier alpha value is -1.33. The molecule has 98 valence electrons. The number of benzene rings is 1. The predicted octanol–water partition coefficient (Wildman–Crippen LogP) is 1.53. The molecule has 1 heterocycles. The van der Waals surface area contributed by atoms with Gasteiger partial charge in [-0.15, -0.1) is 0 Å². The molecule has 0 aliphatic carbocycles. The zero-order valence-electron chi connectivity index (χ0n) is 10.5. The van der Waals surface area contributed by atoms with Crippen molar-refractivity contribution in [3.63, 3.8) is 0 Å². The van der Waals surface area contributed by atoms with Gasteiger partial charge in [-0.25, -0.2) is 8.42 Å². The van der Waals surface area contributed by atoms with Crippen LogP contribution in [0.3, 0.4) is 0 Å². The number of fused-ring (bicyclic) bond motifs is 1. The van der Waals surface area contributed by atoms with E-state index >= 15 is 0 Å². The van der Waals surface area contributed by atoms with Crippen LogP contribution in [0.15, 0.2) is 30.5 Å². The first-order valence-corrected chi connectivity index (χ1v) is 8.02. The van der Waals surface area contributed by atoms with E-state index < -0.39 is 9.84 Å². The summed E-state index contributed by atoms with van der Waals surface area (Å²) in [4.78, 5) is 0. The first-order valence-electron chi connectivity index (χ1n) is 5.96. The highest BCUT2D eigenvalue weighted by Gasteiger charge is 2.07. The molecule has 0 amide bonds. The average Bonchev–Trinajstić information content (AvgIpc) is 2.66. The molecule has 0 aliphatic heterocycles. The SMILES string of the molecule is CS(=O)(=O)CCCn1cc(CN)c2ccccc21. The van der Waals surface area contributed by atoms with Crippen molar-refractivity contribution in [2.75, 3.05) is 12.0 Å². The Bertz CT molecular complexity index is 644. The number of nitrogens with zero attached hydrogens (tertiary/aromatic N) is 1. The fourth-order valence-corrected chi connectivity index (χ4v) is 2.82. The number of aromatic nitrogens is 1. The number of nitrogens with two attached hydrogens (primary N) is 1. The molecule has 0 atom stereocenters. The van der Waals surface area contributed by atoms with E-state index in [-0.39, 0.29) is 5.75 Å². The van der Waals surface area contributed by atoms with E-state index in [0.717, 1.165) is 16.5 Å². The summed E-state index contributed by atoms with van der Waals surface area (Å²) in [6.45, 7) is 1.20. The number of hydrogen-bond acceptors (Lipinski definition) is 3. The molecule has 0 unspecified atom stereocenters. The Morgan fingerprint density at radius 3 is 2.67 bits per heavy atom. The zero-order chi connectivity index (χ0) is 13.2. The standard InChI is InChI=1S/C13H18N2O2S/c1-18(16,17)8-4-7-15-10-11(9-14)12-5-2-3-6-13(12)15/h2-3,5-6,10H,4,7-9,14H2,1H3. The van der Waals surface area contributed by atoms with Gasteiger partial charge in [-0.2, -0.15) is 0 Å². The number of sulfone groups is 1. The molecule has 0 saturated heterocycles. The van der Waals surface area contributed by atoms with Gasteiger partial charge in [0.2, 0.25) is 0 Å². The van der Waals surface area contributed by atoms with Gasteiger partial charge in [-0.1, -0.05) is 18.2 Å². The second-order valence-corrected chi connectivity index (χ2v) is 6.81. The highest BCUT2D eigenvalue weighted by molar-refractivity contribution is 7.90. The van der Waals surface area contributed by atoms with Gasteiger partial charge in [0, 0.05) is 36.4 Å². The van der Waals surface area contributed by atoms with Gasteiger partial charge in [-0.3, -0.25) is 0 Å². The summed E-state index contributed by atoms with van der Waals surface area (Å²) in [6.07, 6.45) is 3.92. The highest BCUT2D eigenvalue weighted by Crippen LogP contribution is 2.21. The monoisotopic (exact) mass is 266 g/mol. The molecule has 0 aliphatic rings. The van der Waals surface area contributed by atoms with Gasteiger partial charge >= 0.3 is 0 Å². The first kappa shape index (κ1) is 13.1. The lowest BCUT2D eigenvalue weighted by Gasteiger charge is -2.04. The third kappa shape index (κ3) is 2.91. The molecular weight excluding hydrogens is 248 g/mol. The molecule has 5 heteroatoms. The van der Waals surface area contributed by atoms with E-state index in [1.165, 1.54) is 6.26 Å². The predicted molar refractivity (Wildman–Crippen MR) is 74.2 cm³/mol. The van der Waals surface area contributed by atoms with Crippen LogP contribution in [0.2, 0.25) is 0 Å². The van der Waals surface area contributed by atoms with E-state index in [2.05, 4.69) is 4.57 Å². The second-order valence-electron chi connectivity index (χ2n) is 4.55. The zero-order valence-corrected chi connectivity index (χ0v) is 11.3. The number of rotatable bonds is 5. The minimum absolute atomic E-state index is 0.220. The van der Waals surface area contributed by atoms with Crippen LogP contribution in [-0.2, 0) is 22.9 Å². The van der Waals surface area contributed by atoms with E-state index in [9.17, 15) is 8.42 Å². The van der Waals surface area contributed by atoms with Gasteiger partial charge < -0.3 is 10.3 Å². The Kier molecular flexibility index (Phi) is 3.73. The van der Waals surface area contributed by atoms with E-state index in [1.54, 1.807) is 0 Å². The molecule has 0 saturated carbocycles. The maximum absolute atomic E-state index is 11.1. The smallest absolute Gasteiger partial charge is 0.147 e. The molecule has 0 spiro atoms. The Labute approximate surface area is 107 Å². The molecular formula is C13H18N2O2S. The minimum Gasteiger partial charge on any atom is -0.347 e. The van der Waals surface area contributed by atoms with Crippen molar-refractivity contribution in [3.8, 4) is 0 Å². The molecule has 2 N–H and O–H groups in total. The van der Waals surface area contributed by atoms with Crippen molar-refractivity contribution in [2.45, 2.75) is 19.5 Å². The van der Waals surface area contributed by atoms with Crippen molar-refractivity contribution >= 4 is 20.7 Å². The summed E-state index contributed by atoms with van der Waals surface area (Å²) in [5.74, 6) is 0.220. The van der Waals surface area contributed by atoms with Crippen molar-refractivity contribution in [1.82, 2.24) is 4.57 Å². The van der Waals surface area contributed by atoms with Crippen LogP contribution in [0.5, 0.6) is 0 Å². The van der Waals surface area contributed by atoms with Crippen molar-refractivity contribution in [2.24, 2.45) is 5.73 Å². The molecule has 0 fully saturated rings.